The number of likely N-dealkylation sites (N-methyl/N-ethyl adjacent to an activating group) is 1. The van der Waals surface area contributed by atoms with Crippen molar-refractivity contribution in [3.05, 3.63) is 41.0 Å². The van der Waals surface area contributed by atoms with Crippen LogP contribution in [0, 0.1) is 13.8 Å². The Labute approximate surface area is 128 Å². The van der Waals surface area contributed by atoms with Crippen molar-refractivity contribution >= 4 is 10.0 Å². The molecule has 0 saturated heterocycles. The molecule has 4 nitrogen and oxygen atoms in total. The van der Waals surface area contributed by atoms with Crippen LogP contribution in [0.2, 0.25) is 0 Å². The molecule has 0 aliphatic carbocycles. The van der Waals surface area contributed by atoms with Crippen LogP contribution in [0.5, 0.6) is 0 Å². The van der Waals surface area contributed by atoms with Gasteiger partial charge in [-0.1, -0.05) is 25.1 Å². The summed E-state index contributed by atoms with van der Waals surface area (Å²) in [6.45, 7) is 12.8. The highest BCUT2D eigenvalue weighted by atomic mass is 32.2. The van der Waals surface area contributed by atoms with Crippen LogP contribution in [0.3, 0.4) is 0 Å². The van der Waals surface area contributed by atoms with Crippen LogP contribution in [0.15, 0.2) is 29.2 Å². The van der Waals surface area contributed by atoms with Gasteiger partial charge >= 0.3 is 0 Å². The first-order chi connectivity index (χ1) is 9.73. The molecular formula is C16H26N2O2S. The lowest BCUT2D eigenvalue weighted by Gasteiger charge is -2.22. The van der Waals surface area contributed by atoms with Gasteiger partial charge in [0, 0.05) is 19.6 Å². The molecule has 0 amide bonds. The van der Waals surface area contributed by atoms with E-state index in [2.05, 4.69) is 11.9 Å². The van der Waals surface area contributed by atoms with Crippen molar-refractivity contribution in [2.45, 2.75) is 39.1 Å². The molecule has 0 radical (unpaired) electrons. The molecule has 0 atom stereocenters. The third-order valence-electron chi connectivity index (χ3n) is 3.42. The van der Waals surface area contributed by atoms with Crippen molar-refractivity contribution in [1.82, 2.24) is 9.62 Å². The summed E-state index contributed by atoms with van der Waals surface area (Å²) in [6.07, 6.45) is 0. The van der Waals surface area contributed by atoms with Gasteiger partial charge in [0.1, 0.15) is 0 Å². The Morgan fingerprint density at radius 2 is 1.90 bits per heavy atom. The molecule has 0 spiro atoms. The number of hydrogen-bond acceptors (Lipinski definition) is 3. The highest BCUT2D eigenvalue weighted by Crippen LogP contribution is 2.24. The molecular weight excluding hydrogens is 284 g/mol. The Balaban J connectivity index is 3.35. The molecule has 1 aromatic rings. The molecule has 1 aromatic carbocycles. The molecule has 0 unspecified atom stereocenters. The molecule has 1 rings (SSSR count). The van der Waals surface area contributed by atoms with Crippen LogP contribution in [-0.4, -0.2) is 32.9 Å². The summed E-state index contributed by atoms with van der Waals surface area (Å²) >= 11 is 0. The fourth-order valence-electron chi connectivity index (χ4n) is 2.34. The molecule has 0 fully saturated rings. The summed E-state index contributed by atoms with van der Waals surface area (Å²) in [5.41, 5.74) is 3.73. The van der Waals surface area contributed by atoms with Gasteiger partial charge in [0.25, 0.3) is 0 Å². The fourth-order valence-corrected chi connectivity index (χ4v) is 4.11. The minimum absolute atomic E-state index is 0.355. The average molecular weight is 310 g/mol. The van der Waals surface area contributed by atoms with Gasteiger partial charge in [-0.2, -0.15) is 4.31 Å². The van der Waals surface area contributed by atoms with Crippen molar-refractivity contribution in [1.29, 1.82) is 0 Å². The van der Waals surface area contributed by atoms with Gasteiger partial charge in [-0.3, -0.25) is 0 Å². The minimum atomic E-state index is -3.49. The molecule has 0 heterocycles. The zero-order chi connectivity index (χ0) is 16.2. The third kappa shape index (κ3) is 4.15. The first kappa shape index (κ1) is 17.9. The first-order valence-corrected chi connectivity index (χ1v) is 8.57. The first-order valence-electron chi connectivity index (χ1n) is 7.13. The Morgan fingerprint density at radius 1 is 1.29 bits per heavy atom. The smallest absolute Gasteiger partial charge is 0.243 e. The van der Waals surface area contributed by atoms with Gasteiger partial charge in [0.2, 0.25) is 10.0 Å². The average Bonchev–Trinajstić information content (AvgIpc) is 2.38. The summed E-state index contributed by atoms with van der Waals surface area (Å²) < 4.78 is 27.2. The second-order valence-corrected chi connectivity index (χ2v) is 7.37. The molecule has 0 aliphatic heterocycles. The summed E-state index contributed by atoms with van der Waals surface area (Å²) in [7, 11) is -1.64. The summed E-state index contributed by atoms with van der Waals surface area (Å²) in [4.78, 5) is 0.390. The van der Waals surface area contributed by atoms with Crippen molar-refractivity contribution in [2.75, 3.05) is 20.1 Å². The van der Waals surface area contributed by atoms with E-state index >= 15 is 0 Å². The quantitative estimate of drug-likeness (QED) is 0.788. The number of benzene rings is 1. The number of nitrogens with zero attached hydrogens (tertiary/aromatic N) is 1. The highest BCUT2D eigenvalue weighted by molar-refractivity contribution is 7.89. The van der Waals surface area contributed by atoms with Crippen molar-refractivity contribution in [3.8, 4) is 0 Å². The largest absolute Gasteiger partial charge is 0.316 e. The van der Waals surface area contributed by atoms with E-state index in [4.69, 9.17) is 0 Å². The van der Waals surface area contributed by atoms with Crippen molar-refractivity contribution < 1.29 is 8.42 Å². The maximum Gasteiger partial charge on any atom is 0.243 e. The van der Waals surface area contributed by atoms with Crippen LogP contribution >= 0.6 is 0 Å². The van der Waals surface area contributed by atoms with Gasteiger partial charge in [-0.25, -0.2) is 8.42 Å². The predicted octanol–water partition coefficient (Wildman–Crippen LogP) is 2.61. The van der Waals surface area contributed by atoms with Gasteiger partial charge in [0.15, 0.2) is 0 Å². The normalized spacial score (nSPS) is 11.9. The molecule has 118 valence electrons. The van der Waals surface area contributed by atoms with E-state index in [0.717, 1.165) is 22.3 Å². The summed E-state index contributed by atoms with van der Waals surface area (Å²) in [5, 5.41) is 3.08. The Bertz CT molecular complexity index is 621. The maximum atomic E-state index is 12.9. The summed E-state index contributed by atoms with van der Waals surface area (Å²) in [6, 6.07) is 3.73. The lowest BCUT2D eigenvalue weighted by molar-refractivity contribution is 0.452. The second-order valence-electron chi connectivity index (χ2n) is 5.46. The fraction of sp³-hybridized carbons (Fsp3) is 0.500. The van der Waals surface area contributed by atoms with Gasteiger partial charge in [0.05, 0.1) is 4.90 Å². The summed E-state index contributed by atoms with van der Waals surface area (Å²) in [5.74, 6) is 0. The Morgan fingerprint density at radius 3 is 2.38 bits per heavy atom. The minimum Gasteiger partial charge on any atom is -0.316 e. The number of sulfonamides is 1. The maximum absolute atomic E-state index is 12.9. The van der Waals surface area contributed by atoms with E-state index < -0.39 is 10.0 Å². The van der Waals surface area contributed by atoms with E-state index in [9.17, 15) is 8.42 Å². The molecule has 0 aliphatic rings. The lowest BCUT2D eigenvalue weighted by atomic mass is 10.1. The standard InChI is InChI=1S/C16H26N2O2S/c1-7-18(11-12(2)3)21(19,20)16-9-15(10-17-6)13(4)8-14(16)5/h8-9,17H,2,7,10-11H2,1,3-6H3. The van der Waals surface area contributed by atoms with E-state index in [1.54, 1.807) is 6.07 Å². The number of nitrogens with one attached hydrogen (secondary N) is 1. The number of rotatable bonds is 7. The number of hydrogen-bond donors (Lipinski definition) is 1. The zero-order valence-electron chi connectivity index (χ0n) is 13.7. The van der Waals surface area contributed by atoms with Crippen LogP contribution in [0.1, 0.15) is 30.5 Å². The molecule has 0 aromatic heterocycles. The van der Waals surface area contributed by atoms with Crippen LogP contribution in [0.4, 0.5) is 0 Å². The monoisotopic (exact) mass is 310 g/mol. The van der Waals surface area contributed by atoms with Gasteiger partial charge in [-0.05, 0) is 50.6 Å². The second kappa shape index (κ2) is 7.20. The zero-order valence-corrected chi connectivity index (χ0v) is 14.5. The highest BCUT2D eigenvalue weighted by Gasteiger charge is 2.25. The molecule has 5 heteroatoms. The van der Waals surface area contributed by atoms with Crippen LogP contribution in [-0.2, 0) is 16.6 Å². The van der Waals surface area contributed by atoms with Crippen molar-refractivity contribution in [3.63, 3.8) is 0 Å². The van der Waals surface area contributed by atoms with E-state index in [1.807, 2.05) is 40.8 Å². The van der Waals surface area contributed by atoms with E-state index in [0.29, 0.717) is 24.5 Å². The predicted molar refractivity (Wildman–Crippen MR) is 87.9 cm³/mol. The molecule has 0 saturated carbocycles. The lowest BCUT2D eigenvalue weighted by Crippen LogP contribution is -2.32. The van der Waals surface area contributed by atoms with Gasteiger partial charge in [-0.15, -0.1) is 0 Å². The third-order valence-corrected chi connectivity index (χ3v) is 5.48. The van der Waals surface area contributed by atoms with Gasteiger partial charge < -0.3 is 5.32 Å². The van der Waals surface area contributed by atoms with Crippen LogP contribution in [0.25, 0.3) is 0 Å². The van der Waals surface area contributed by atoms with Crippen molar-refractivity contribution in [2.24, 2.45) is 0 Å². The molecule has 0 bridgehead atoms. The van der Waals surface area contributed by atoms with Crippen LogP contribution < -0.4 is 5.32 Å². The SMILES string of the molecule is C=C(C)CN(CC)S(=O)(=O)c1cc(CNC)c(C)cc1C. The topological polar surface area (TPSA) is 49.4 Å². The molecule has 21 heavy (non-hydrogen) atoms. The Kier molecular flexibility index (Phi) is 6.13. The molecule has 1 N–H and O–H groups in total. The number of aryl methyl sites for hydroxylation is 2. The van der Waals surface area contributed by atoms with E-state index in [1.165, 1.54) is 4.31 Å². The van der Waals surface area contributed by atoms with E-state index in [-0.39, 0.29) is 0 Å². The Hall–Kier alpha value is -1.17.